The Balaban J connectivity index is 1.90. The average molecular weight is 290 g/mol. The summed E-state index contributed by atoms with van der Waals surface area (Å²) >= 11 is 0. The first-order valence-electron chi connectivity index (χ1n) is 7.69. The number of amides is 2. The van der Waals surface area contributed by atoms with Gasteiger partial charge in [-0.05, 0) is 52.2 Å². The minimum absolute atomic E-state index is 0.0587. The summed E-state index contributed by atoms with van der Waals surface area (Å²) < 4.78 is 5.65. The van der Waals surface area contributed by atoms with Gasteiger partial charge in [-0.2, -0.15) is 0 Å². The highest BCUT2D eigenvalue weighted by atomic mass is 16.3. The van der Waals surface area contributed by atoms with Gasteiger partial charge < -0.3 is 14.2 Å². The quantitative estimate of drug-likeness (QED) is 0.839. The Morgan fingerprint density at radius 1 is 1.24 bits per heavy atom. The summed E-state index contributed by atoms with van der Waals surface area (Å²) in [7, 11) is 0. The lowest BCUT2D eigenvalue weighted by molar-refractivity contribution is -0.165. The van der Waals surface area contributed by atoms with Crippen molar-refractivity contribution >= 4 is 11.8 Å². The fourth-order valence-electron chi connectivity index (χ4n) is 3.52. The Hall–Kier alpha value is -1.78. The first kappa shape index (κ1) is 14.2. The SMILES string of the molecule is Cc1ccc(C(C)N2C(=O)C3CCCCN3C(=O)C2C)o1. The van der Waals surface area contributed by atoms with Gasteiger partial charge in [0.05, 0.1) is 6.04 Å². The van der Waals surface area contributed by atoms with Crippen LogP contribution in [0.25, 0.3) is 0 Å². The van der Waals surface area contributed by atoms with Crippen molar-refractivity contribution in [1.82, 2.24) is 9.80 Å². The number of furan rings is 1. The van der Waals surface area contributed by atoms with Crippen molar-refractivity contribution in [2.45, 2.75) is 58.2 Å². The van der Waals surface area contributed by atoms with E-state index in [2.05, 4.69) is 0 Å². The molecule has 5 nitrogen and oxygen atoms in total. The largest absolute Gasteiger partial charge is 0.464 e. The van der Waals surface area contributed by atoms with Crippen LogP contribution in [0, 0.1) is 6.92 Å². The number of aryl methyl sites for hydroxylation is 1. The van der Waals surface area contributed by atoms with E-state index >= 15 is 0 Å². The molecule has 2 aliphatic heterocycles. The molecule has 0 N–H and O–H groups in total. The number of hydrogen-bond donors (Lipinski definition) is 0. The van der Waals surface area contributed by atoms with E-state index in [0.29, 0.717) is 6.54 Å². The average Bonchev–Trinajstić information content (AvgIpc) is 2.91. The van der Waals surface area contributed by atoms with Crippen LogP contribution in [0.3, 0.4) is 0 Å². The lowest BCUT2D eigenvalue weighted by Gasteiger charge is -2.47. The standard InChI is InChI=1S/C16H22N2O3/c1-10-7-8-14(21-10)11(2)18-12(3)15(19)17-9-5-4-6-13(17)16(18)20/h7-8,11-13H,4-6,9H2,1-3H3. The number of nitrogens with zero attached hydrogens (tertiary/aromatic N) is 2. The maximum absolute atomic E-state index is 12.8. The monoisotopic (exact) mass is 290 g/mol. The molecule has 3 heterocycles. The third-order valence-corrected chi connectivity index (χ3v) is 4.69. The first-order chi connectivity index (χ1) is 10.0. The Bertz CT molecular complexity index is 566. The predicted molar refractivity (Wildman–Crippen MR) is 77.5 cm³/mol. The molecule has 3 atom stereocenters. The van der Waals surface area contributed by atoms with Gasteiger partial charge in [0.1, 0.15) is 23.6 Å². The second kappa shape index (κ2) is 5.20. The minimum atomic E-state index is -0.424. The predicted octanol–water partition coefficient (Wildman–Crippen LogP) is 2.26. The van der Waals surface area contributed by atoms with Gasteiger partial charge in [-0.3, -0.25) is 9.59 Å². The molecular weight excluding hydrogens is 268 g/mol. The van der Waals surface area contributed by atoms with Crippen LogP contribution in [0.5, 0.6) is 0 Å². The molecule has 0 aliphatic carbocycles. The molecule has 2 saturated heterocycles. The number of fused-ring (bicyclic) bond motifs is 1. The van der Waals surface area contributed by atoms with Crippen LogP contribution < -0.4 is 0 Å². The molecule has 3 unspecified atom stereocenters. The van der Waals surface area contributed by atoms with Gasteiger partial charge in [0.15, 0.2) is 0 Å². The van der Waals surface area contributed by atoms with Crippen molar-refractivity contribution in [3.63, 3.8) is 0 Å². The molecule has 2 aliphatic rings. The molecule has 3 rings (SSSR count). The summed E-state index contributed by atoms with van der Waals surface area (Å²) in [5, 5.41) is 0. The summed E-state index contributed by atoms with van der Waals surface area (Å²) in [6.45, 7) is 6.34. The maximum atomic E-state index is 12.8. The summed E-state index contributed by atoms with van der Waals surface area (Å²) in [6.07, 6.45) is 2.78. The molecule has 21 heavy (non-hydrogen) atoms. The molecule has 1 aromatic rings. The van der Waals surface area contributed by atoms with Gasteiger partial charge in [-0.25, -0.2) is 0 Å². The molecule has 0 saturated carbocycles. The van der Waals surface area contributed by atoms with Gasteiger partial charge in [0, 0.05) is 6.54 Å². The van der Waals surface area contributed by atoms with Crippen LogP contribution in [0.15, 0.2) is 16.5 Å². The van der Waals surface area contributed by atoms with E-state index in [4.69, 9.17) is 4.42 Å². The van der Waals surface area contributed by atoms with Gasteiger partial charge in [0.2, 0.25) is 11.8 Å². The summed E-state index contributed by atoms with van der Waals surface area (Å²) in [4.78, 5) is 28.9. The Kier molecular flexibility index (Phi) is 3.51. The van der Waals surface area contributed by atoms with Crippen LogP contribution in [-0.4, -0.2) is 40.2 Å². The van der Waals surface area contributed by atoms with E-state index in [0.717, 1.165) is 30.8 Å². The van der Waals surface area contributed by atoms with Crippen molar-refractivity contribution in [1.29, 1.82) is 0 Å². The molecule has 0 bridgehead atoms. The van der Waals surface area contributed by atoms with Gasteiger partial charge in [-0.15, -0.1) is 0 Å². The molecule has 0 radical (unpaired) electrons. The highest BCUT2D eigenvalue weighted by Crippen LogP contribution is 2.32. The van der Waals surface area contributed by atoms with Crippen LogP contribution >= 0.6 is 0 Å². The topological polar surface area (TPSA) is 53.8 Å². The molecule has 1 aromatic heterocycles. The number of piperazine rings is 1. The fraction of sp³-hybridized carbons (Fsp3) is 0.625. The summed E-state index contributed by atoms with van der Waals surface area (Å²) in [6, 6.07) is 2.86. The molecule has 2 fully saturated rings. The zero-order chi connectivity index (χ0) is 15.1. The highest BCUT2D eigenvalue weighted by molar-refractivity contribution is 5.97. The summed E-state index contributed by atoms with van der Waals surface area (Å²) in [5.74, 6) is 1.68. The summed E-state index contributed by atoms with van der Waals surface area (Å²) in [5.41, 5.74) is 0. The van der Waals surface area contributed by atoms with Crippen molar-refractivity contribution in [3.8, 4) is 0 Å². The number of hydrogen-bond acceptors (Lipinski definition) is 3. The molecule has 5 heteroatoms. The van der Waals surface area contributed by atoms with E-state index in [9.17, 15) is 9.59 Å². The van der Waals surface area contributed by atoms with Gasteiger partial charge in [-0.1, -0.05) is 0 Å². The lowest BCUT2D eigenvalue weighted by Crippen LogP contribution is -2.65. The van der Waals surface area contributed by atoms with Crippen molar-refractivity contribution in [2.75, 3.05) is 6.54 Å². The van der Waals surface area contributed by atoms with Crippen LogP contribution in [0.1, 0.15) is 50.7 Å². The number of carbonyl (C=O) groups excluding carboxylic acids is 2. The second-order valence-electron chi connectivity index (χ2n) is 6.09. The van der Waals surface area contributed by atoms with E-state index in [1.807, 2.05) is 32.9 Å². The Morgan fingerprint density at radius 3 is 2.67 bits per heavy atom. The molecule has 2 amide bonds. The molecule has 114 valence electrons. The first-order valence-corrected chi connectivity index (χ1v) is 7.69. The highest BCUT2D eigenvalue weighted by Gasteiger charge is 2.46. The van der Waals surface area contributed by atoms with Gasteiger partial charge >= 0.3 is 0 Å². The van der Waals surface area contributed by atoms with Crippen LogP contribution in [0.2, 0.25) is 0 Å². The van der Waals surface area contributed by atoms with Crippen molar-refractivity contribution in [2.24, 2.45) is 0 Å². The molecular formula is C16H22N2O3. The molecule has 0 aromatic carbocycles. The zero-order valence-corrected chi connectivity index (χ0v) is 12.8. The van der Waals surface area contributed by atoms with E-state index in [1.54, 1.807) is 9.80 Å². The van der Waals surface area contributed by atoms with Gasteiger partial charge in [0.25, 0.3) is 0 Å². The smallest absolute Gasteiger partial charge is 0.246 e. The van der Waals surface area contributed by atoms with Crippen LogP contribution in [-0.2, 0) is 9.59 Å². The fourth-order valence-corrected chi connectivity index (χ4v) is 3.52. The van der Waals surface area contributed by atoms with E-state index in [-0.39, 0.29) is 23.9 Å². The Morgan fingerprint density at radius 2 is 2.00 bits per heavy atom. The van der Waals surface area contributed by atoms with Crippen LogP contribution in [0.4, 0.5) is 0 Å². The third-order valence-electron chi connectivity index (χ3n) is 4.69. The zero-order valence-electron chi connectivity index (χ0n) is 12.8. The number of carbonyl (C=O) groups is 2. The number of rotatable bonds is 2. The lowest BCUT2D eigenvalue weighted by atomic mass is 9.94. The van der Waals surface area contributed by atoms with E-state index < -0.39 is 6.04 Å². The minimum Gasteiger partial charge on any atom is -0.464 e. The van der Waals surface area contributed by atoms with Crippen molar-refractivity contribution in [3.05, 3.63) is 23.7 Å². The van der Waals surface area contributed by atoms with E-state index in [1.165, 1.54) is 0 Å². The third kappa shape index (κ3) is 2.24. The number of piperidine rings is 1. The second-order valence-corrected chi connectivity index (χ2v) is 6.09. The molecule has 0 spiro atoms. The Labute approximate surface area is 124 Å². The maximum Gasteiger partial charge on any atom is 0.246 e. The van der Waals surface area contributed by atoms with Crippen molar-refractivity contribution < 1.29 is 14.0 Å². The normalized spacial score (nSPS) is 27.8.